The average molecular weight is 426 g/mol. The predicted octanol–water partition coefficient (Wildman–Crippen LogP) is 4.88. The first-order chi connectivity index (χ1) is 9.81. The number of hydrogen-bond donors (Lipinski definition) is 1. The molecule has 0 amide bonds. The van der Waals surface area contributed by atoms with Gasteiger partial charge in [-0.1, -0.05) is 22.0 Å². The van der Waals surface area contributed by atoms with Crippen molar-refractivity contribution in [1.29, 1.82) is 0 Å². The van der Waals surface area contributed by atoms with Gasteiger partial charge in [0.15, 0.2) is 0 Å². The standard InChI is InChI=1S/C13H9Br2F3N2O/c14-8-2-3-10(9(15)5-8)21-12-7(6-19)1-4-11(20-12)13(16,17)18/h1-5H,6,19H2. The van der Waals surface area contributed by atoms with Gasteiger partial charge in [0.25, 0.3) is 0 Å². The van der Waals surface area contributed by atoms with Gasteiger partial charge in [-0.3, -0.25) is 0 Å². The van der Waals surface area contributed by atoms with Gasteiger partial charge in [-0.25, -0.2) is 4.98 Å². The summed E-state index contributed by atoms with van der Waals surface area (Å²) in [7, 11) is 0. The van der Waals surface area contributed by atoms with E-state index in [9.17, 15) is 13.2 Å². The molecule has 1 aromatic carbocycles. The third-order valence-corrected chi connectivity index (χ3v) is 3.66. The van der Waals surface area contributed by atoms with Gasteiger partial charge in [-0.2, -0.15) is 13.2 Å². The first kappa shape index (κ1) is 16.3. The summed E-state index contributed by atoms with van der Waals surface area (Å²) in [5.41, 5.74) is 4.87. The Morgan fingerprint density at radius 3 is 2.43 bits per heavy atom. The fourth-order valence-corrected chi connectivity index (χ4v) is 2.66. The van der Waals surface area contributed by atoms with E-state index in [1.165, 1.54) is 6.07 Å². The number of pyridine rings is 1. The highest BCUT2D eigenvalue weighted by atomic mass is 79.9. The number of hydrogen-bond acceptors (Lipinski definition) is 3. The van der Waals surface area contributed by atoms with Crippen LogP contribution in [0.1, 0.15) is 11.3 Å². The second-order valence-electron chi connectivity index (χ2n) is 4.04. The van der Waals surface area contributed by atoms with Gasteiger partial charge < -0.3 is 10.5 Å². The number of aromatic nitrogens is 1. The first-order valence-corrected chi connectivity index (χ1v) is 7.30. The largest absolute Gasteiger partial charge is 0.437 e. The van der Waals surface area contributed by atoms with E-state index in [4.69, 9.17) is 10.5 Å². The van der Waals surface area contributed by atoms with Gasteiger partial charge in [0.1, 0.15) is 11.4 Å². The van der Waals surface area contributed by atoms with Crippen LogP contribution in [-0.2, 0) is 12.7 Å². The van der Waals surface area contributed by atoms with Gasteiger partial charge in [0.2, 0.25) is 5.88 Å². The molecule has 21 heavy (non-hydrogen) atoms. The Balaban J connectivity index is 2.42. The molecule has 0 radical (unpaired) electrons. The number of nitrogens with zero attached hydrogens (tertiary/aromatic N) is 1. The highest BCUT2D eigenvalue weighted by Crippen LogP contribution is 2.35. The van der Waals surface area contributed by atoms with Crippen molar-refractivity contribution in [2.24, 2.45) is 5.73 Å². The van der Waals surface area contributed by atoms with Gasteiger partial charge >= 0.3 is 6.18 Å². The fourth-order valence-electron chi connectivity index (χ4n) is 1.53. The topological polar surface area (TPSA) is 48.1 Å². The number of rotatable bonds is 3. The van der Waals surface area contributed by atoms with Gasteiger partial charge in [0.05, 0.1) is 4.47 Å². The molecule has 0 bridgehead atoms. The molecule has 2 N–H and O–H groups in total. The maximum Gasteiger partial charge on any atom is 0.433 e. The number of nitrogens with two attached hydrogens (primary N) is 1. The molecule has 0 fully saturated rings. The molecule has 0 saturated carbocycles. The van der Waals surface area contributed by atoms with E-state index in [0.717, 1.165) is 10.5 Å². The van der Waals surface area contributed by atoms with Crippen LogP contribution in [-0.4, -0.2) is 4.98 Å². The van der Waals surface area contributed by atoms with Crippen LogP contribution in [0.4, 0.5) is 13.2 Å². The summed E-state index contributed by atoms with van der Waals surface area (Å²) in [6, 6.07) is 7.17. The van der Waals surface area contributed by atoms with Crippen LogP contribution in [0.2, 0.25) is 0 Å². The minimum absolute atomic E-state index is 0.0224. The van der Waals surface area contributed by atoms with Crippen LogP contribution in [0.25, 0.3) is 0 Å². The van der Waals surface area contributed by atoms with Crippen LogP contribution in [0.3, 0.4) is 0 Å². The van der Waals surface area contributed by atoms with Gasteiger partial charge in [-0.05, 0) is 40.2 Å². The van der Waals surface area contributed by atoms with Crippen LogP contribution in [0, 0.1) is 0 Å². The zero-order valence-corrected chi connectivity index (χ0v) is 13.6. The van der Waals surface area contributed by atoms with E-state index in [0.29, 0.717) is 15.8 Å². The quantitative estimate of drug-likeness (QED) is 0.762. The maximum atomic E-state index is 12.7. The van der Waals surface area contributed by atoms with Crippen molar-refractivity contribution in [1.82, 2.24) is 4.98 Å². The molecule has 0 saturated heterocycles. The number of ether oxygens (including phenoxy) is 1. The highest BCUT2D eigenvalue weighted by Gasteiger charge is 2.33. The SMILES string of the molecule is NCc1ccc(C(F)(F)F)nc1Oc1ccc(Br)cc1Br. The molecule has 112 valence electrons. The molecule has 8 heteroatoms. The van der Waals surface area contributed by atoms with Crippen molar-refractivity contribution < 1.29 is 17.9 Å². The lowest BCUT2D eigenvalue weighted by atomic mass is 10.2. The van der Waals surface area contributed by atoms with Crippen LogP contribution >= 0.6 is 31.9 Å². The van der Waals surface area contributed by atoms with Crippen molar-refractivity contribution in [3.05, 3.63) is 50.5 Å². The Labute approximate surface area is 135 Å². The summed E-state index contributed by atoms with van der Waals surface area (Å²) in [6.07, 6.45) is -4.54. The molecule has 1 heterocycles. The minimum Gasteiger partial charge on any atom is -0.437 e. The van der Waals surface area contributed by atoms with Crippen LogP contribution in [0.15, 0.2) is 39.3 Å². The van der Waals surface area contributed by atoms with E-state index in [-0.39, 0.29) is 12.4 Å². The molecule has 0 aliphatic carbocycles. The Bertz CT molecular complexity index is 662. The molecule has 0 aliphatic heterocycles. The van der Waals surface area contributed by atoms with Gasteiger partial charge in [-0.15, -0.1) is 0 Å². The lowest BCUT2D eigenvalue weighted by Crippen LogP contribution is -2.10. The Morgan fingerprint density at radius 2 is 1.86 bits per heavy atom. The van der Waals surface area contributed by atoms with Crippen LogP contribution < -0.4 is 10.5 Å². The molecule has 3 nitrogen and oxygen atoms in total. The maximum absolute atomic E-state index is 12.7. The molecule has 2 rings (SSSR count). The van der Waals surface area contributed by atoms with E-state index in [1.54, 1.807) is 18.2 Å². The smallest absolute Gasteiger partial charge is 0.433 e. The average Bonchev–Trinajstić information content (AvgIpc) is 2.41. The lowest BCUT2D eigenvalue weighted by Gasteiger charge is -2.13. The first-order valence-electron chi connectivity index (χ1n) is 5.71. The molecular weight excluding hydrogens is 417 g/mol. The Kier molecular flexibility index (Phi) is 4.90. The van der Waals surface area contributed by atoms with Crippen molar-refractivity contribution >= 4 is 31.9 Å². The summed E-state index contributed by atoms with van der Waals surface area (Å²) < 4.78 is 45.0. The lowest BCUT2D eigenvalue weighted by molar-refractivity contribution is -0.141. The third-order valence-electron chi connectivity index (χ3n) is 2.55. The molecule has 0 unspecified atom stereocenters. The highest BCUT2D eigenvalue weighted by molar-refractivity contribution is 9.11. The van der Waals surface area contributed by atoms with Crippen molar-refractivity contribution in [2.75, 3.05) is 0 Å². The number of benzene rings is 1. The second-order valence-corrected chi connectivity index (χ2v) is 5.81. The molecule has 0 aliphatic rings. The van der Waals surface area contributed by atoms with E-state index < -0.39 is 11.9 Å². The summed E-state index contributed by atoms with van der Waals surface area (Å²) in [6.45, 7) is 0.0224. The molecule has 1 aromatic heterocycles. The van der Waals surface area contributed by atoms with E-state index in [2.05, 4.69) is 36.8 Å². The normalized spacial score (nSPS) is 11.5. The van der Waals surface area contributed by atoms with Crippen molar-refractivity contribution in [2.45, 2.75) is 12.7 Å². The van der Waals surface area contributed by atoms with Crippen molar-refractivity contribution in [3.63, 3.8) is 0 Å². The van der Waals surface area contributed by atoms with Crippen LogP contribution in [0.5, 0.6) is 11.6 Å². The van der Waals surface area contributed by atoms with Crippen molar-refractivity contribution in [3.8, 4) is 11.6 Å². The summed E-state index contributed by atoms with van der Waals surface area (Å²) in [5, 5.41) is 0. The zero-order chi connectivity index (χ0) is 15.6. The number of halogens is 5. The molecule has 0 spiro atoms. The van der Waals surface area contributed by atoms with E-state index >= 15 is 0 Å². The Morgan fingerprint density at radius 1 is 1.14 bits per heavy atom. The molecule has 0 atom stereocenters. The third kappa shape index (κ3) is 3.96. The minimum atomic E-state index is -4.54. The fraction of sp³-hybridized carbons (Fsp3) is 0.154. The summed E-state index contributed by atoms with van der Waals surface area (Å²) in [4.78, 5) is 3.51. The zero-order valence-electron chi connectivity index (χ0n) is 10.4. The Hall–Kier alpha value is -1.12. The number of alkyl halides is 3. The second kappa shape index (κ2) is 6.33. The molecule has 2 aromatic rings. The van der Waals surface area contributed by atoms with Gasteiger partial charge in [0, 0.05) is 16.6 Å². The van der Waals surface area contributed by atoms with E-state index in [1.807, 2.05) is 0 Å². The monoisotopic (exact) mass is 424 g/mol. The predicted molar refractivity (Wildman–Crippen MR) is 79.0 cm³/mol. The molecular formula is C13H9Br2F3N2O. The summed E-state index contributed by atoms with van der Waals surface area (Å²) in [5.74, 6) is 0.190. The summed E-state index contributed by atoms with van der Waals surface area (Å²) >= 11 is 6.55.